The predicted molar refractivity (Wildman–Crippen MR) is 196 cm³/mol. The topological polar surface area (TPSA) is 91.6 Å². The number of carboxylic acids is 1. The van der Waals surface area contributed by atoms with E-state index in [-0.39, 0.29) is 23.0 Å². The third kappa shape index (κ3) is 6.65. The van der Waals surface area contributed by atoms with Gasteiger partial charge in [-0.05, 0) is 68.2 Å². The molecular weight excluding hydrogens is 696 g/mol. The minimum Gasteiger partial charge on any atom is -0.477 e. The fraction of sp³-hybridized carbons (Fsp3) is 0.316. The summed E-state index contributed by atoms with van der Waals surface area (Å²) >= 11 is 1.76. The zero-order valence-corrected chi connectivity index (χ0v) is 30.0. The van der Waals surface area contributed by atoms with E-state index in [0.29, 0.717) is 52.1 Å². The molecule has 0 unspecified atom stereocenters. The van der Waals surface area contributed by atoms with E-state index in [4.69, 9.17) is 4.98 Å². The van der Waals surface area contributed by atoms with Gasteiger partial charge in [0.05, 0.1) is 37.7 Å². The lowest BCUT2D eigenvalue weighted by molar-refractivity contribution is -0.137. The van der Waals surface area contributed by atoms with Crippen molar-refractivity contribution < 1.29 is 27.9 Å². The van der Waals surface area contributed by atoms with Crippen LogP contribution in [-0.4, -0.2) is 73.5 Å². The molecule has 1 aliphatic heterocycles. The van der Waals surface area contributed by atoms with Crippen molar-refractivity contribution in [2.24, 2.45) is 0 Å². The van der Waals surface area contributed by atoms with Gasteiger partial charge < -0.3 is 19.5 Å². The van der Waals surface area contributed by atoms with Crippen LogP contribution in [0.3, 0.4) is 0 Å². The molecule has 0 aliphatic carbocycles. The van der Waals surface area contributed by atoms with E-state index in [2.05, 4.69) is 23.7 Å². The Morgan fingerprint density at radius 1 is 0.941 bits per heavy atom. The van der Waals surface area contributed by atoms with E-state index in [1.807, 2.05) is 64.1 Å². The van der Waals surface area contributed by atoms with Gasteiger partial charge >= 0.3 is 12.1 Å². The summed E-state index contributed by atoms with van der Waals surface area (Å²) in [6.45, 7) is 9.15. The van der Waals surface area contributed by atoms with Crippen molar-refractivity contribution >= 4 is 55.7 Å². The van der Waals surface area contributed by atoms with E-state index < -0.39 is 17.2 Å². The molecule has 0 radical (unpaired) electrons. The number of thiophene rings is 1. The SMILES string of the molecule is CCN(CC)C1CCN(C(=O)Cn2c(-c3ccc4nc(-c5sc(C(F)(F)F)nc5C)ccc4c3)c(-c3ccccc3)c3sc(C(=O)O)cc32)CC1. The van der Waals surface area contributed by atoms with Crippen LogP contribution in [0.5, 0.6) is 0 Å². The Morgan fingerprint density at radius 2 is 1.67 bits per heavy atom. The third-order valence-electron chi connectivity index (χ3n) is 9.68. The molecule has 6 aromatic rings. The van der Waals surface area contributed by atoms with Crippen LogP contribution in [0.4, 0.5) is 13.2 Å². The van der Waals surface area contributed by atoms with Crippen molar-refractivity contribution in [3.05, 3.63) is 82.3 Å². The summed E-state index contributed by atoms with van der Waals surface area (Å²) in [6, 6.07) is 21.1. The van der Waals surface area contributed by atoms with Crippen molar-refractivity contribution in [1.82, 2.24) is 24.3 Å². The van der Waals surface area contributed by atoms with Crippen LogP contribution in [0.2, 0.25) is 0 Å². The van der Waals surface area contributed by atoms with E-state index in [9.17, 15) is 27.9 Å². The van der Waals surface area contributed by atoms with E-state index >= 15 is 0 Å². The lowest BCUT2D eigenvalue weighted by Crippen LogP contribution is -2.47. The van der Waals surface area contributed by atoms with Gasteiger partial charge in [-0.15, -0.1) is 22.7 Å². The lowest BCUT2D eigenvalue weighted by atomic mass is 9.99. The molecule has 0 atom stereocenters. The number of hydrogen-bond acceptors (Lipinski definition) is 7. The van der Waals surface area contributed by atoms with Gasteiger partial charge in [0, 0.05) is 30.1 Å². The number of hydrogen-bond donors (Lipinski definition) is 1. The van der Waals surface area contributed by atoms with Crippen LogP contribution in [-0.2, 0) is 17.5 Å². The summed E-state index contributed by atoms with van der Waals surface area (Å²) in [6.07, 6.45) is -2.74. The molecule has 1 N–H and O–H groups in total. The summed E-state index contributed by atoms with van der Waals surface area (Å²) < 4.78 is 42.9. The fourth-order valence-electron chi connectivity index (χ4n) is 7.18. The second kappa shape index (κ2) is 13.9. The number of rotatable bonds is 9. The average molecular weight is 732 g/mol. The van der Waals surface area contributed by atoms with Crippen molar-refractivity contribution in [1.29, 1.82) is 0 Å². The highest BCUT2D eigenvalue weighted by Crippen LogP contribution is 2.45. The summed E-state index contributed by atoms with van der Waals surface area (Å²) in [5.74, 6) is -1.06. The number of carbonyl (C=O) groups excluding carboxylic acids is 1. The number of aryl methyl sites for hydroxylation is 1. The molecule has 1 fully saturated rings. The number of fused-ring (bicyclic) bond motifs is 2. The number of carboxylic acid groups (broad SMARTS) is 1. The van der Waals surface area contributed by atoms with Crippen LogP contribution in [0.1, 0.15) is 47.1 Å². The second-order valence-corrected chi connectivity index (χ2v) is 14.7. The minimum atomic E-state index is -4.53. The second-order valence-electron chi connectivity index (χ2n) is 12.7. The highest BCUT2D eigenvalue weighted by Gasteiger charge is 2.36. The number of carbonyl (C=O) groups is 2. The maximum absolute atomic E-state index is 14.1. The highest BCUT2D eigenvalue weighted by atomic mass is 32.1. The number of alkyl halides is 3. The Bertz CT molecular complexity index is 2250. The minimum absolute atomic E-state index is 0.0286. The first-order valence-electron chi connectivity index (χ1n) is 16.9. The fourth-order valence-corrected chi connectivity index (χ4v) is 9.15. The normalized spacial score (nSPS) is 14.3. The number of pyridine rings is 1. The zero-order chi connectivity index (χ0) is 36.0. The maximum Gasteiger partial charge on any atom is 0.443 e. The van der Waals surface area contributed by atoms with Gasteiger partial charge in [-0.3, -0.25) is 4.79 Å². The number of thiazole rings is 1. The van der Waals surface area contributed by atoms with Crippen molar-refractivity contribution in [3.8, 4) is 33.0 Å². The molecule has 0 bridgehead atoms. The first-order chi connectivity index (χ1) is 24.5. The number of amides is 1. The molecule has 51 heavy (non-hydrogen) atoms. The summed E-state index contributed by atoms with van der Waals surface area (Å²) in [5, 5.41) is 9.83. The van der Waals surface area contributed by atoms with E-state index in [1.54, 1.807) is 19.1 Å². The van der Waals surface area contributed by atoms with Crippen LogP contribution in [0.25, 0.3) is 54.1 Å². The number of halogens is 3. The number of benzene rings is 2. The van der Waals surface area contributed by atoms with Crippen LogP contribution in [0, 0.1) is 6.92 Å². The Labute approximate surface area is 300 Å². The molecule has 8 nitrogen and oxygen atoms in total. The molecule has 7 rings (SSSR count). The molecule has 1 saturated heterocycles. The van der Waals surface area contributed by atoms with Crippen molar-refractivity contribution in [2.75, 3.05) is 26.2 Å². The van der Waals surface area contributed by atoms with E-state index in [0.717, 1.165) is 58.4 Å². The monoisotopic (exact) mass is 731 g/mol. The molecule has 264 valence electrons. The molecule has 1 amide bonds. The quantitative estimate of drug-likeness (QED) is 0.160. The third-order valence-corrected chi connectivity index (χ3v) is 12.0. The molecule has 4 aromatic heterocycles. The lowest BCUT2D eigenvalue weighted by Gasteiger charge is -2.37. The smallest absolute Gasteiger partial charge is 0.443 e. The van der Waals surface area contributed by atoms with Gasteiger partial charge in [0.15, 0.2) is 5.01 Å². The Balaban J connectivity index is 1.32. The molecule has 1 aliphatic rings. The first kappa shape index (κ1) is 34.8. The van der Waals surface area contributed by atoms with Gasteiger partial charge in [-0.25, -0.2) is 14.8 Å². The predicted octanol–water partition coefficient (Wildman–Crippen LogP) is 9.07. The number of aromatic carboxylic acids is 1. The average Bonchev–Trinajstić information content (AvgIpc) is 3.82. The summed E-state index contributed by atoms with van der Waals surface area (Å²) in [5.41, 5.74) is 5.25. The van der Waals surface area contributed by atoms with Crippen LogP contribution in [0.15, 0.2) is 66.7 Å². The first-order valence-corrected chi connectivity index (χ1v) is 18.5. The molecule has 0 spiro atoms. The number of aromatic nitrogens is 3. The Hall–Kier alpha value is -4.59. The molecular formula is C38H36F3N5O3S2. The summed E-state index contributed by atoms with van der Waals surface area (Å²) in [4.78, 5) is 39.6. The number of piperidine rings is 1. The Kier molecular flexibility index (Phi) is 9.46. The summed E-state index contributed by atoms with van der Waals surface area (Å²) in [7, 11) is 0. The molecule has 0 saturated carbocycles. The van der Waals surface area contributed by atoms with Gasteiger partial charge in [-0.1, -0.05) is 56.3 Å². The van der Waals surface area contributed by atoms with Gasteiger partial charge in [0.2, 0.25) is 5.91 Å². The van der Waals surface area contributed by atoms with Crippen LogP contribution < -0.4 is 0 Å². The van der Waals surface area contributed by atoms with Gasteiger partial charge in [-0.2, -0.15) is 13.2 Å². The number of nitrogens with zero attached hydrogens (tertiary/aromatic N) is 5. The highest BCUT2D eigenvalue weighted by molar-refractivity contribution is 7.21. The largest absolute Gasteiger partial charge is 0.477 e. The van der Waals surface area contributed by atoms with Gasteiger partial charge in [0.1, 0.15) is 11.4 Å². The molecule has 5 heterocycles. The van der Waals surface area contributed by atoms with Crippen molar-refractivity contribution in [3.63, 3.8) is 0 Å². The standard InChI is InChI=1S/C38H36F3N5O3S2/c1-4-44(5-2)26-15-17-45(18-16-26)31(47)21-46-29-20-30(36(48)49)50-35(29)32(23-9-7-6-8-10-23)33(46)25-12-13-27-24(19-25)11-14-28(43-27)34-22(3)42-37(51-34)38(39,40)41/h6-14,19-20,26H,4-5,15-18,21H2,1-3H3,(H,48,49). The molecule has 2 aromatic carbocycles. The van der Waals surface area contributed by atoms with Crippen molar-refractivity contribution in [2.45, 2.75) is 52.4 Å². The van der Waals surface area contributed by atoms with E-state index in [1.165, 1.54) is 11.3 Å². The zero-order valence-electron chi connectivity index (χ0n) is 28.3. The number of likely N-dealkylation sites (tertiary alicyclic amines) is 1. The molecule has 13 heteroatoms. The maximum atomic E-state index is 14.1. The van der Waals surface area contributed by atoms with Crippen LogP contribution >= 0.6 is 22.7 Å². The Morgan fingerprint density at radius 3 is 2.31 bits per heavy atom. The van der Waals surface area contributed by atoms with Gasteiger partial charge in [0.25, 0.3) is 0 Å².